The van der Waals surface area contributed by atoms with Gasteiger partial charge in [0.2, 0.25) is 14.2 Å². The van der Waals surface area contributed by atoms with Crippen molar-refractivity contribution in [3.05, 3.63) is 131 Å². The molecule has 2 aliphatic heterocycles. The summed E-state index contributed by atoms with van der Waals surface area (Å²) < 4.78 is 53.6. The number of carbonyl (C=O) groups is 2. The number of nitrogens with one attached hydrogen (secondary N) is 1. The third kappa shape index (κ3) is 9.11. The van der Waals surface area contributed by atoms with E-state index in [1.54, 1.807) is 24.3 Å². The fraction of sp³-hybridized carbons (Fsp3) is 0.409. The standard InChI is InChI=1S/C44H52F2N2O6Si/c1-42(2,3)55(6,7)54-36-23-13-31(14-24-36)39(47-35-21-19-34(46)20-22-35)37(40(49)48-38(27-51-41(48)50)30-11-9-8-10-12-30)25-26-44(32-15-17-33(45)18-16-32)52-28-43(4,5)29-53-44/h8-24,37-39,47H,25-29H2,1-7H3/t37-,38-,39-/m0/s1. The molecule has 11 heteroatoms. The monoisotopic (exact) mass is 770 g/mol. The largest absolute Gasteiger partial charge is 0.544 e. The van der Waals surface area contributed by atoms with Gasteiger partial charge in [0.25, 0.3) is 0 Å². The summed E-state index contributed by atoms with van der Waals surface area (Å²) in [7, 11) is -2.16. The Morgan fingerprint density at radius 3 is 2.05 bits per heavy atom. The summed E-state index contributed by atoms with van der Waals surface area (Å²) in [4.78, 5) is 29.9. The highest BCUT2D eigenvalue weighted by molar-refractivity contribution is 6.74. The van der Waals surface area contributed by atoms with Crippen LogP contribution >= 0.6 is 0 Å². The Labute approximate surface area is 324 Å². The average Bonchev–Trinajstić information content (AvgIpc) is 3.54. The van der Waals surface area contributed by atoms with E-state index in [1.165, 1.54) is 29.2 Å². The Kier molecular flexibility index (Phi) is 11.6. The van der Waals surface area contributed by atoms with Crippen molar-refractivity contribution in [2.24, 2.45) is 11.3 Å². The van der Waals surface area contributed by atoms with Gasteiger partial charge in [-0.2, -0.15) is 0 Å². The van der Waals surface area contributed by atoms with Gasteiger partial charge in [-0.15, -0.1) is 0 Å². The van der Waals surface area contributed by atoms with E-state index in [1.807, 2.05) is 68.4 Å². The zero-order valence-corrected chi connectivity index (χ0v) is 33.7. The minimum Gasteiger partial charge on any atom is -0.544 e. The Bertz CT molecular complexity index is 1920. The van der Waals surface area contributed by atoms with Crippen LogP contribution in [-0.4, -0.2) is 45.0 Å². The number of anilines is 1. The lowest BCUT2D eigenvalue weighted by atomic mass is 9.84. The summed E-state index contributed by atoms with van der Waals surface area (Å²) in [6, 6.07) is 27.6. The molecule has 6 rings (SSSR count). The van der Waals surface area contributed by atoms with E-state index in [2.05, 4.69) is 39.2 Å². The number of hydrogen-bond donors (Lipinski definition) is 1. The van der Waals surface area contributed by atoms with Crippen molar-refractivity contribution in [3.63, 3.8) is 0 Å². The molecule has 0 spiro atoms. The molecule has 2 saturated heterocycles. The summed E-state index contributed by atoms with van der Waals surface area (Å²) in [5.41, 5.74) is 2.43. The van der Waals surface area contributed by atoms with Crippen LogP contribution in [0.25, 0.3) is 0 Å². The van der Waals surface area contributed by atoms with Gasteiger partial charge in [-0.3, -0.25) is 4.79 Å². The van der Waals surface area contributed by atoms with E-state index >= 15 is 4.79 Å². The van der Waals surface area contributed by atoms with E-state index in [4.69, 9.17) is 18.6 Å². The number of nitrogens with zero attached hydrogens (tertiary/aromatic N) is 1. The molecule has 4 aromatic carbocycles. The van der Waals surface area contributed by atoms with Crippen molar-refractivity contribution >= 4 is 26.0 Å². The minimum atomic E-state index is -2.16. The van der Waals surface area contributed by atoms with Crippen LogP contribution in [0.2, 0.25) is 18.1 Å². The predicted octanol–water partition coefficient (Wildman–Crippen LogP) is 10.5. The number of hydrogen-bond acceptors (Lipinski definition) is 7. The van der Waals surface area contributed by atoms with Crippen molar-refractivity contribution < 1.29 is 37.0 Å². The summed E-state index contributed by atoms with van der Waals surface area (Å²) in [5, 5.41) is 3.50. The van der Waals surface area contributed by atoms with Crippen molar-refractivity contribution in [1.82, 2.24) is 4.90 Å². The van der Waals surface area contributed by atoms with Gasteiger partial charge in [0.15, 0.2) is 5.79 Å². The minimum absolute atomic E-state index is 0.0116. The van der Waals surface area contributed by atoms with Crippen LogP contribution in [0.4, 0.5) is 19.3 Å². The van der Waals surface area contributed by atoms with Crippen molar-refractivity contribution in [1.29, 1.82) is 0 Å². The quantitative estimate of drug-likeness (QED) is 0.144. The Balaban J connectivity index is 1.44. The lowest BCUT2D eigenvalue weighted by molar-refractivity contribution is -0.312. The number of ether oxygens (including phenoxy) is 3. The highest BCUT2D eigenvalue weighted by Crippen LogP contribution is 2.44. The molecule has 0 aliphatic carbocycles. The molecule has 2 aliphatic rings. The molecule has 0 radical (unpaired) electrons. The van der Waals surface area contributed by atoms with Crippen molar-refractivity contribution in [3.8, 4) is 5.75 Å². The van der Waals surface area contributed by atoms with E-state index in [9.17, 15) is 13.6 Å². The maximum atomic E-state index is 15.2. The van der Waals surface area contributed by atoms with Gasteiger partial charge in [-0.1, -0.05) is 89.2 Å². The van der Waals surface area contributed by atoms with E-state index in [0.717, 1.165) is 11.1 Å². The molecular weight excluding hydrogens is 719 g/mol. The zero-order valence-electron chi connectivity index (χ0n) is 32.7. The number of halogens is 2. The van der Waals surface area contributed by atoms with Gasteiger partial charge in [-0.25, -0.2) is 18.5 Å². The number of imide groups is 1. The molecule has 0 aromatic heterocycles. The Morgan fingerprint density at radius 1 is 0.891 bits per heavy atom. The second kappa shape index (κ2) is 15.9. The molecule has 2 fully saturated rings. The fourth-order valence-corrected chi connectivity index (χ4v) is 7.77. The molecule has 2 heterocycles. The Hall–Kier alpha value is -4.58. The number of rotatable bonds is 12. The van der Waals surface area contributed by atoms with Gasteiger partial charge in [0.05, 0.1) is 25.2 Å². The van der Waals surface area contributed by atoms with Crippen LogP contribution < -0.4 is 9.74 Å². The van der Waals surface area contributed by atoms with Gasteiger partial charge >= 0.3 is 6.09 Å². The second-order valence-corrected chi connectivity index (χ2v) is 21.6. The Morgan fingerprint density at radius 2 is 1.47 bits per heavy atom. The highest BCUT2D eigenvalue weighted by atomic mass is 28.4. The number of benzene rings is 4. The lowest BCUT2D eigenvalue weighted by Gasteiger charge is -2.44. The predicted molar refractivity (Wildman–Crippen MR) is 211 cm³/mol. The van der Waals surface area contributed by atoms with Crippen LogP contribution in [0.3, 0.4) is 0 Å². The average molecular weight is 771 g/mol. The summed E-state index contributed by atoms with van der Waals surface area (Å²) >= 11 is 0. The van der Waals surface area contributed by atoms with E-state index in [-0.39, 0.29) is 29.9 Å². The van der Waals surface area contributed by atoms with Crippen LogP contribution in [0.15, 0.2) is 103 Å². The molecule has 292 valence electrons. The third-order valence-electron chi connectivity index (χ3n) is 11.1. The first kappa shape index (κ1) is 40.1. The molecule has 0 unspecified atom stereocenters. The third-order valence-corrected chi connectivity index (χ3v) is 15.4. The molecule has 55 heavy (non-hydrogen) atoms. The first-order valence-electron chi connectivity index (χ1n) is 18.9. The maximum Gasteiger partial charge on any atom is 0.417 e. The molecular formula is C44H52F2N2O6Si. The van der Waals surface area contributed by atoms with Crippen molar-refractivity contribution in [2.75, 3.05) is 25.1 Å². The number of carbonyl (C=O) groups excluding carboxylic acids is 2. The topological polar surface area (TPSA) is 86.3 Å². The second-order valence-electron chi connectivity index (χ2n) is 16.9. The zero-order chi connectivity index (χ0) is 39.6. The smallest absolute Gasteiger partial charge is 0.417 e. The van der Waals surface area contributed by atoms with E-state index in [0.29, 0.717) is 30.2 Å². The van der Waals surface area contributed by atoms with Crippen molar-refractivity contribution in [2.45, 2.75) is 83.5 Å². The van der Waals surface area contributed by atoms with Gasteiger partial charge in [-0.05, 0) is 84.2 Å². The molecule has 2 amide bonds. The van der Waals surface area contributed by atoms with Crippen LogP contribution in [0.5, 0.6) is 5.75 Å². The summed E-state index contributed by atoms with van der Waals surface area (Å²) in [6.45, 7) is 15.7. The SMILES string of the molecule is CC1(C)COC(CC[C@H](C(=O)N2C(=O)OC[C@H]2c2ccccc2)[C@@H](Nc2ccc(F)cc2)c2ccc(O[Si](C)(C)C(C)(C)C)cc2)(c2ccc(F)cc2)OC1. The normalized spacial score (nSPS) is 19.3. The van der Waals surface area contributed by atoms with Gasteiger partial charge in [0, 0.05) is 23.1 Å². The molecule has 1 N–H and O–H groups in total. The van der Waals surface area contributed by atoms with E-state index < -0.39 is 55.7 Å². The maximum absolute atomic E-state index is 15.2. The number of cyclic esters (lactones) is 1. The van der Waals surface area contributed by atoms with Gasteiger partial charge < -0.3 is 24.0 Å². The van der Waals surface area contributed by atoms with Gasteiger partial charge in [0.1, 0.15) is 30.0 Å². The fourth-order valence-electron chi connectivity index (χ4n) is 6.74. The molecule has 0 bridgehead atoms. The number of amides is 2. The molecule has 0 saturated carbocycles. The lowest BCUT2D eigenvalue weighted by Crippen LogP contribution is -2.47. The molecule has 3 atom stereocenters. The first-order valence-corrected chi connectivity index (χ1v) is 21.8. The summed E-state index contributed by atoms with van der Waals surface area (Å²) in [6.07, 6.45) is -0.371. The molecule has 4 aromatic rings. The summed E-state index contributed by atoms with van der Waals surface area (Å²) in [5.74, 6) is -2.74. The van der Waals surface area contributed by atoms with Crippen LogP contribution in [-0.2, 0) is 24.8 Å². The van der Waals surface area contributed by atoms with Crippen LogP contribution in [0.1, 0.15) is 76.2 Å². The van der Waals surface area contributed by atoms with Crippen LogP contribution in [0, 0.1) is 23.0 Å². The first-order chi connectivity index (χ1) is 26.0. The molecule has 8 nitrogen and oxygen atoms in total. The highest BCUT2D eigenvalue weighted by Gasteiger charge is 2.47.